The van der Waals surface area contributed by atoms with E-state index in [4.69, 9.17) is 4.74 Å². The molecule has 1 aliphatic rings. The molecule has 0 aromatic heterocycles. The van der Waals surface area contributed by atoms with Crippen LogP contribution in [-0.4, -0.2) is 60.2 Å². The third-order valence-electron chi connectivity index (χ3n) is 7.05. The van der Waals surface area contributed by atoms with Gasteiger partial charge in [-0.1, -0.05) is 38.0 Å². The van der Waals surface area contributed by atoms with Crippen LogP contribution in [0, 0.1) is 0 Å². The van der Waals surface area contributed by atoms with E-state index in [2.05, 4.69) is 17.1 Å². The van der Waals surface area contributed by atoms with Crippen LogP contribution in [0.4, 0.5) is 0 Å². The Labute approximate surface area is 210 Å². The quantitative estimate of drug-likeness (QED) is 0.186. The third kappa shape index (κ3) is 7.71. The molecule has 0 fully saturated rings. The van der Waals surface area contributed by atoms with Crippen molar-refractivity contribution in [2.24, 2.45) is 0 Å². The first kappa shape index (κ1) is 27.0. The molecule has 0 bridgehead atoms. The number of phenolic OH excluding ortho intramolecular Hbond substituents is 2. The molecule has 0 amide bonds. The molecule has 0 aliphatic heterocycles. The van der Waals surface area contributed by atoms with E-state index in [-0.39, 0.29) is 17.3 Å². The maximum Gasteiger partial charge on any atom is 0.167 e. The Morgan fingerprint density at radius 1 is 1.06 bits per heavy atom. The highest BCUT2D eigenvalue weighted by Gasteiger charge is 2.26. The molecule has 3 rings (SSSR count). The van der Waals surface area contributed by atoms with Gasteiger partial charge in [0.2, 0.25) is 0 Å². The van der Waals surface area contributed by atoms with E-state index >= 15 is 0 Å². The van der Waals surface area contributed by atoms with Gasteiger partial charge in [-0.25, -0.2) is 0 Å². The third-order valence-corrected chi connectivity index (χ3v) is 7.05. The summed E-state index contributed by atoms with van der Waals surface area (Å²) in [6.45, 7) is 6.08. The predicted octanol–water partition coefficient (Wildman–Crippen LogP) is 5.10. The summed E-state index contributed by atoms with van der Waals surface area (Å²) >= 11 is 0. The van der Waals surface area contributed by atoms with Gasteiger partial charge in [0.05, 0.1) is 12.7 Å². The molecule has 0 radical (unpaired) electrons. The molecule has 6 nitrogen and oxygen atoms in total. The standard InChI is InChI=1S/C29H42N2O4/c1-3-19-31(23-13-14-24-22(21-23)12-15-27(33)29(24)34)20-9-5-4-8-17-30-18-16-26(32)25-10-6-7-11-28(25)35-2/h6-7,10-12,15,23,30,33-34H,3-5,8-9,13-14,16-21H2,1-2H3. The number of nitrogens with one attached hydrogen (secondary N) is 1. The number of carbonyl (C=O) groups is 1. The highest BCUT2D eigenvalue weighted by atomic mass is 16.5. The van der Waals surface area contributed by atoms with Gasteiger partial charge in [0.15, 0.2) is 17.3 Å². The number of benzene rings is 2. The van der Waals surface area contributed by atoms with Crippen LogP contribution in [0.15, 0.2) is 36.4 Å². The molecule has 1 atom stereocenters. The summed E-state index contributed by atoms with van der Waals surface area (Å²) in [4.78, 5) is 15.0. The number of carbonyl (C=O) groups excluding carboxylic acids is 1. The van der Waals surface area contributed by atoms with Gasteiger partial charge in [-0.3, -0.25) is 4.79 Å². The summed E-state index contributed by atoms with van der Waals surface area (Å²) in [6.07, 6.45) is 9.13. The Kier molecular flexibility index (Phi) is 10.9. The molecule has 6 heteroatoms. The lowest BCUT2D eigenvalue weighted by molar-refractivity contribution is 0.0979. The minimum Gasteiger partial charge on any atom is -0.504 e. The summed E-state index contributed by atoms with van der Waals surface area (Å²) in [6, 6.07) is 11.5. The minimum atomic E-state index is -0.00914. The number of hydrogen-bond donors (Lipinski definition) is 3. The first-order valence-electron chi connectivity index (χ1n) is 13.2. The second-order valence-electron chi connectivity index (χ2n) is 9.54. The van der Waals surface area contributed by atoms with Crippen molar-refractivity contribution >= 4 is 5.78 Å². The Balaban J connectivity index is 1.30. The molecular weight excluding hydrogens is 440 g/mol. The van der Waals surface area contributed by atoms with Crippen molar-refractivity contribution in [3.8, 4) is 17.2 Å². The van der Waals surface area contributed by atoms with E-state index in [1.807, 2.05) is 30.3 Å². The Morgan fingerprint density at radius 2 is 1.86 bits per heavy atom. The zero-order chi connectivity index (χ0) is 25.0. The number of ether oxygens (including phenoxy) is 1. The van der Waals surface area contributed by atoms with Crippen LogP contribution < -0.4 is 10.1 Å². The smallest absolute Gasteiger partial charge is 0.167 e. The lowest BCUT2D eigenvalue weighted by atomic mass is 9.86. The number of fused-ring (bicyclic) bond motifs is 1. The molecule has 3 N–H and O–H groups in total. The van der Waals surface area contributed by atoms with Crippen molar-refractivity contribution in [2.45, 2.75) is 70.8 Å². The number of aromatic hydroxyl groups is 2. The first-order valence-corrected chi connectivity index (χ1v) is 13.2. The van der Waals surface area contributed by atoms with Gasteiger partial charge in [0.25, 0.3) is 0 Å². The predicted molar refractivity (Wildman–Crippen MR) is 141 cm³/mol. The van der Waals surface area contributed by atoms with Crippen LogP contribution in [0.5, 0.6) is 17.2 Å². The Hall–Kier alpha value is -2.57. The second kappa shape index (κ2) is 14.1. The zero-order valence-electron chi connectivity index (χ0n) is 21.4. The van der Waals surface area contributed by atoms with Gasteiger partial charge in [-0.15, -0.1) is 0 Å². The van der Waals surface area contributed by atoms with Gasteiger partial charge in [0, 0.05) is 24.6 Å². The van der Waals surface area contributed by atoms with Crippen LogP contribution in [-0.2, 0) is 12.8 Å². The number of rotatable bonds is 15. The number of para-hydroxylation sites is 1. The van der Waals surface area contributed by atoms with Gasteiger partial charge >= 0.3 is 0 Å². The van der Waals surface area contributed by atoms with Gasteiger partial charge < -0.3 is 25.2 Å². The van der Waals surface area contributed by atoms with E-state index < -0.39 is 0 Å². The molecule has 2 aromatic rings. The molecule has 2 aromatic carbocycles. The number of unbranched alkanes of at least 4 members (excludes halogenated alkanes) is 3. The monoisotopic (exact) mass is 482 g/mol. The topological polar surface area (TPSA) is 82.0 Å². The van der Waals surface area contributed by atoms with Crippen LogP contribution in [0.2, 0.25) is 0 Å². The van der Waals surface area contributed by atoms with Crippen molar-refractivity contribution in [1.82, 2.24) is 10.2 Å². The fourth-order valence-corrected chi connectivity index (χ4v) is 5.13. The van der Waals surface area contributed by atoms with Crippen molar-refractivity contribution in [3.63, 3.8) is 0 Å². The normalized spacial score (nSPS) is 15.2. The van der Waals surface area contributed by atoms with E-state index in [0.29, 0.717) is 30.3 Å². The molecule has 1 aliphatic carbocycles. The van der Waals surface area contributed by atoms with Crippen molar-refractivity contribution in [2.75, 3.05) is 33.3 Å². The van der Waals surface area contributed by atoms with E-state index in [0.717, 1.165) is 57.3 Å². The summed E-state index contributed by atoms with van der Waals surface area (Å²) in [7, 11) is 1.60. The van der Waals surface area contributed by atoms with E-state index in [9.17, 15) is 15.0 Å². The van der Waals surface area contributed by atoms with Gasteiger partial charge in [0.1, 0.15) is 5.75 Å². The summed E-state index contributed by atoms with van der Waals surface area (Å²) in [5.74, 6) is 0.818. The zero-order valence-corrected chi connectivity index (χ0v) is 21.4. The molecule has 1 unspecified atom stereocenters. The molecule has 0 spiro atoms. The fraction of sp³-hybridized carbons (Fsp3) is 0.552. The SMILES string of the molecule is CCCN(CCCCCCNCCC(=O)c1ccccc1OC)C1CCc2c(ccc(O)c2O)C1. The lowest BCUT2D eigenvalue weighted by Gasteiger charge is -2.35. The summed E-state index contributed by atoms with van der Waals surface area (Å²) < 4.78 is 5.28. The van der Waals surface area contributed by atoms with Crippen molar-refractivity contribution in [3.05, 3.63) is 53.1 Å². The number of ketones is 1. The number of nitrogens with zero attached hydrogens (tertiary/aromatic N) is 1. The molecular formula is C29H42N2O4. The number of phenols is 2. The highest BCUT2D eigenvalue weighted by molar-refractivity contribution is 5.98. The molecule has 0 heterocycles. The van der Waals surface area contributed by atoms with Crippen molar-refractivity contribution in [1.29, 1.82) is 0 Å². The molecule has 35 heavy (non-hydrogen) atoms. The second-order valence-corrected chi connectivity index (χ2v) is 9.54. The average molecular weight is 483 g/mol. The molecule has 0 saturated carbocycles. The highest BCUT2D eigenvalue weighted by Crippen LogP contribution is 2.36. The van der Waals surface area contributed by atoms with E-state index in [1.54, 1.807) is 13.2 Å². The lowest BCUT2D eigenvalue weighted by Crippen LogP contribution is -2.40. The maximum atomic E-state index is 12.4. The minimum absolute atomic E-state index is 0.00914. The van der Waals surface area contributed by atoms with Crippen molar-refractivity contribution < 1.29 is 19.7 Å². The largest absolute Gasteiger partial charge is 0.504 e. The number of Topliss-reactive ketones (excluding diaryl/α,β-unsaturated/α-hetero) is 1. The van der Waals surface area contributed by atoms with Gasteiger partial charge in [-0.2, -0.15) is 0 Å². The fourth-order valence-electron chi connectivity index (χ4n) is 5.13. The summed E-state index contributed by atoms with van der Waals surface area (Å²) in [5, 5.41) is 23.3. The van der Waals surface area contributed by atoms with Crippen LogP contribution in [0.1, 0.15) is 73.4 Å². The Bertz CT molecular complexity index is 946. The molecule has 192 valence electrons. The first-order chi connectivity index (χ1) is 17.0. The van der Waals surface area contributed by atoms with E-state index in [1.165, 1.54) is 24.8 Å². The van der Waals surface area contributed by atoms with Crippen LogP contribution in [0.3, 0.4) is 0 Å². The molecule has 0 saturated heterocycles. The maximum absolute atomic E-state index is 12.4. The number of hydrogen-bond acceptors (Lipinski definition) is 6. The van der Waals surface area contributed by atoms with Gasteiger partial charge in [-0.05, 0) is 81.9 Å². The van der Waals surface area contributed by atoms with Crippen LogP contribution in [0.25, 0.3) is 0 Å². The average Bonchev–Trinajstić information content (AvgIpc) is 2.88. The Morgan fingerprint density at radius 3 is 2.66 bits per heavy atom. The van der Waals surface area contributed by atoms with Crippen LogP contribution >= 0.6 is 0 Å². The number of methoxy groups -OCH3 is 1. The summed E-state index contributed by atoms with van der Waals surface area (Å²) in [5.41, 5.74) is 2.76.